The lowest BCUT2D eigenvalue weighted by molar-refractivity contribution is 0.101. The fourth-order valence-corrected chi connectivity index (χ4v) is 1.58. The monoisotopic (exact) mass is 182 g/mol. The van der Waals surface area contributed by atoms with Gasteiger partial charge < -0.3 is 4.98 Å². The van der Waals surface area contributed by atoms with Crippen molar-refractivity contribution in [1.82, 2.24) is 9.97 Å². The molecule has 0 atom stereocenters. The molecule has 0 radical (unpaired) electrons. The standard InChI is InChI=1S/C8H10N2OS/c1-4-7(5(2)11)8(12)10-6(3)9-4/h1-3H3,(H,9,10,12). The van der Waals surface area contributed by atoms with Crippen LogP contribution >= 0.6 is 12.2 Å². The van der Waals surface area contributed by atoms with Crippen LogP contribution < -0.4 is 0 Å². The van der Waals surface area contributed by atoms with Crippen molar-refractivity contribution in [1.29, 1.82) is 0 Å². The summed E-state index contributed by atoms with van der Waals surface area (Å²) in [4.78, 5) is 18.0. The van der Waals surface area contributed by atoms with Gasteiger partial charge >= 0.3 is 0 Å². The molecular formula is C8H10N2OS. The Morgan fingerprint density at radius 2 is 2.08 bits per heavy atom. The summed E-state index contributed by atoms with van der Waals surface area (Å²) in [6.07, 6.45) is 0. The molecule has 1 heterocycles. The zero-order valence-electron chi connectivity index (χ0n) is 7.26. The molecule has 0 fully saturated rings. The number of H-pyrrole nitrogens is 1. The summed E-state index contributed by atoms with van der Waals surface area (Å²) in [6.45, 7) is 5.12. The van der Waals surface area contributed by atoms with Crippen LogP contribution in [0.4, 0.5) is 0 Å². The Morgan fingerprint density at radius 3 is 2.50 bits per heavy atom. The van der Waals surface area contributed by atoms with Crippen LogP contribution in [0.3, 0.4) is 0 Å². The van der Waals surface area contributed by atoms with Gasteiger partial charge in [0, 0.05) is 5.69 Å². The maximum Gasteiger partial charge on any atom is 0.164 e. The van der Waals surface area contributed by atoms with E-state index in [2.05, 4.69) is 9.97 Å². The van der Waals surface area contributed by atoms with Gasteiger partial charge in [-0.3, -0.25) is 4.79 Å². The van der Waals surface area contributed by atoms with Crippen LogP contribution in [0.1, 0.15) is 28.8 Å². The van der Waals surface area contributed by atoms with Gasteiger partial charge in [0.15, 0.2) is 5.78 Å². The van der Waals surface area contributed by atoms with Crippen molar-refractivity contribution in [3.8, 4) is 0 Å². The van der Waals surface area contributed by atoms with Crippen molar-refractivity contribution < 1.29 is 4.79 Å². The molecule has 4 heteroatoms. The summed E-state index contributed by atoms with van der Waals surface area (Å²) >= 11 is 4.95. The summed E-state index contributed by atoms with van der Waals surface area (Å²) in [5.74, 6) is 0.698. The summed E-state index contributed by atoms with van der Waals surface area (Å²) in [5, 5.41) is 0. The van der Waals surface area contributed by atoms with Gasteiger partial charge in [0.25, 0.3) is 0 Å². The maximum absolute atomic E-state index is 11.1. The molecule has 0 saturated carbocycles. The predicted octanol–water partition coefficient (Wildman–Crippen LogP) is 1.96. The summed E-state index contributed by atoms with van der Waals surface area (Å²) in [5.41, 5.74) is 1.32. The number of aromatic nitrogens is 2. The van der Waals surface area contributed by atoms with E-state index in [9.17, 15) is 4.79 Å². The molecule has 1 rings (SSSR count). The van der Waals surface area contributed by atoms with Crippen LogP contribution in [0.15, 0.2) is 0 Å². The van der Waals surface area contributed by atoms with Crippen LogP contribution in [0, 0.1) is 18.5 Å². The first-order chi connectivity index (χ1) is 5.52. The first kappa shape index (κ1) is 9.06. The second-order valence-electron chi connectivity index (χ2n) is 2.68. The first-order valence-corrected chi connectivity index (χ1v) is 4.01. The number of carbonyl (C=O) groups excluding carboxylic acids is 1. The van der Waals surface area contributed by atoms with Crippen LogP contribution in [0.5, 0.6) is 0 Å². The summed E-state index contributed by atoms with van der Waals surface area (Å²) in [6, 6.07) is 0. The normalized spacial score (nSPS) is 9.92. The third-order valence-electron chi connectivity index (χ3n) is 1.58. The highest BCUT2D eigenvalue weighted by Gasteiger charge is 2.07. The molecule has 0 bridgehead atoms. The van der Waals surface area contributed by atoms with Crippen LogP contribution in [-0.4, -0.2) is 15.8 Å². The van der Waals surface area contributed by atoms with E-state index < -0.39 is 0 Å². The second-order valence-corrected chi connectivity index (χ2v) is 3.07. The molecule has 0 aliphatic heterocycles. The number of ketones is 1. The van der Waals surface area contributed by atoms with Crippen molar-refractivity contribution in [2.24, 2.45) is 0 Å². The fraction of sp³-hybridized carbons (Fsp3) is 0.375. The second kappa shape index (κ2) is 3.15. The third-order valence-corrected chi connectivity index (χ3v) is 1.87. The number of hydrogen-bond donors (Lipinski definition) is 1. The van der Waals surface area contributed by atoms with Crippen LogP contribution in [-0.2, 0) is 0 Å². The van der Waals surface area contributed by atoms with E-state index >= 15 is 0 Å². The lowest BCUT2D eigenvalue weighted by atomic mass is 10.2. The van der Waals surface area contributed by atoms with E-state index in [0.29, 0.717) is 10.2 Å². The molecule has 0 aliphatic carbocycles. The van der Waals surface area contributed by atoms with Gasteiger partial charge in [-0.2, -0.15) is 0 Å². The summed E-state index contributed by atoms with van der Waals surface area (Å²) in [7, 11) is 0. The minimum absolute atomic E-state index is 0.0405. The molecule has 12 heavy (non-hydrogen) atoms. The van der Waals surface area contributed by atoms with Gasteiger partial charge in [-0.15, -0.1) is 0 Å². The predicted molar refractivity (Wildman–Crippen MR) is 48.9 cm³/mol. The molecule has 64 valence electrons. The first-order valence-electron chi connectivity index (χ1n) is 3.61. The zero-order valence-corrected chi connectivity index (χ0v) is 8.08. The average molecular weight is 182 g/mol. The van der Waals surface area contributed by atoms with Crippen LogP contribution in [0.25, 0.3) is 0 Å². The van der Waals surface area contributed by atoms with E-state index in [1.54, 1.807) is 0 Å². The van der Waals surface area contributed by atoms with E-state index in [4.69, 9.17) is 12.2 Å². The molecule has 1 aromatic heterocycles. The Bertz CT molecular complexity index is 381. The van der Waals surface area contributed by atoms with Gasteiger partial charge in [0.05, 0.1) is 5.56 Å². The smallest absolute Gasteiger partial charge is 0.164 e. The minimum atomic E-state index is -0.0405. The molecule has 3 nitrogen and oxygen atoms in total. The SMILES string of the molecule is CC(=O)c1c(C)[nH]c(C)nc1=S. The number of nitrogens with zero attached hydrogens (tertiary/aromatic N) is 1. The Hall–Kier alpha value is -1.03. The van der Waals surface area contributed by atoms with Crippen molar-refractivity contribution >= 4 is 18.0 Å². The Morgan fingerprint density at radius 1 is 1.50 bits per heavy atom. The highest BCUT2D eigenvalue weighted by Crippen LogP contribution is 2.06. The highest BCUT2D eigenvalue weighted by molar-refractivity contribution is 7.71. The minimum Gasteiger partial charge on any atom is -0.347 e. The van der Waals surface area contributed by atoms with Crippen molar-refractivity contribution in [3.63, 3.8) is 0 Å². The Balaban J connectivity index is 3.49. The number of aryl methyl sites for hydroxylation is 2. The molecule has 1 N–H and O–H groups in total. The largest absolute Gasteiger partial charge is 0.347 e. The van der Waals surface area contributed by atoms with Gasteiger partial charge in [-0.1, -0.05) is 12.2 Å². The summed E-state index contributed by atoms with van der Waals surface area (Å²) < 4.78 is 0.385. The van der Waals surface area contributed by atoms with E-state index in [1.807, 2.05) is 13.8 Å². The lowest BCUT2D eigenvalue weighted by Crippen LogP contribution is -2.03. The molecular weight excluding hydrogens is 172 g/mol. The number of Topliss-reactive ketones (excluding diaryl/α,β-unsaturated/α-hetero) is 1. The molecule has 0 aromatic carbocycles. The van der Waals surface area contributed by atoms with Crippen molar-refractivity contribution in [2.75, 3.05) is 0 Å². The molecule has 0 saturated heterocycles. The number of hydrogen-bond acceptors (Lipinski definition) is 3. The van der Waals surface area contributed by atoms with E-state index in [0.717, 1.165) is 11.5 Å². The quantitative estimate of drug-likeness (QED) is 0.533. The fourth-order valence-electron chi connectivity index (χ4n) is 1.15. The molecule has 0 aliphatic rings. The van der Waals surface area contributed by atoms with Gasteiger partial charge in [-0.25, -0.2) is 4.98 Å². The molecule has 0 unspecified atom stereocenters. The van der Waals surface area contributed by atoms with E-state index in [1.165, 1.54) is 6.92 Å². The highest BCUT2D eigenvalue weighted by atomic mass is 32.1. The van der Waals surface area contributed by atoms with E-state index in [-0.39, 0.29) is 5.78 Å². The number of rotatable bonds is 1. The lowest BCUT2D eigenvalue weighted by Gasteiger charge is -2.02. The van der Waals surface area contributed by atoms with Crippen molar-refractivity contribution in [2.45, 2.75) is 20.8 Å². The molecule has 0 amide bonds. The third kappa shape index (κ3) is 1.58. The van der Waals surface area contributed by atoms with Gasteiger partial charge in [0.2, 0.25) is 0 Å². The van der Waals surface area contributed by atoms with Gasteiger partial charge in [0.1, 0.15) is 10.5 Å². The van der Waals surface area contributed by atoms with Crippen LogP contribution in [0.2, 0.25) is 0 Å². The zero-order chi connectivity index (χ0) is 9.30. The van der Waals surface area contributed by atoms with Gasteiger partial charge in [-0.05, 0) is 20.8 Å². The Kier molecular flexibility index (Phi) is 2.38. The number of nitrogens with one attached hydrogen (secondary N) is 1. The topological polar surface area (TPSA) is 45.8 Å². The number of aromatic amines is 1. The molecule has 1 aromatic rings. The molecule has 0 spiro atoms. The maximum atomic E-state index is 11.1. The Labute approximate surface area is 75.9 Å². The van der Waals surface area contributed by atoms with Crippen molar-refractivity contribution in [3.05, 3.63) is 21.7 Å². The average Bonchev–Trinajstić information content (AvgIpc) is 1.82. The number of carbonyl (C=O) groups is 1.